The molecule has 0 radical (unpaired) electrons. The Morgan fingerprint density at radius 3 is 2.58 bits per heavy atom. The first-order valence-corrected chi connectivity index (χ1v) is 6.98. The topological polar surface area (TPSA) is 52.5 Å². The molecule has 1 saturated carbocycles. The van der Waals surface area contributed by atoms with Gasteiger partial charge in [-0.15, -0.1) is 0 Å². The van der Waals surface area contributed by atoms with Crippen LogP contribution in [0.25, 0.3) is 0 Å². The summed E-state index contributed by atoms with van der Waals surface area (Å²) in [7, 11) is 0. The molecule has 106 valence electrons. The van der Waals surface area contributed by atoms with Crippen molar-refractivity contribution in [3.63, 3.8) is 0 Å². The van der Waals surface area contributed by atoms with Crippen LogP contribution in [-0.4, -0.2) is 29.4 Å². The van der Waals surface area contributed by atoms with Crippen molar-refractivity contribution in [2.75, 3.05) is 13.1 Å². The van der Waals surface area contributed by atoms with Gasteiger partial charge in [0.2, 0.25) is 0 Å². The van der Waals surface area contributed by atoms with E-state index in [1.807, 2.05) is 0 Å². The number of aliphatic hydroxyl groups is 2. The minimum absolute atomic E-state index is 0.139. The zero-order valence-corrected chi connectivity index (χ0v) is 11.1. The summed E-state index contributed by atoms with van der Waals surface area (Å²) >= 11 is 0. The monoisotopic (exact) mass is 267 g/mol. The molecule has 2 rings (SSSR count). The van der Waals surface area contributed by atoms with Crippen LogP contribution in [0.3, 0.4) is 0 Å². The predicted molar refractivity (Wildman–Crippen MR) is 72.2 cm³/mol. The van der Waals surface area contributed by atoms with E-state index in [1.54, 1.807) is 18.2 Å². The molecule has 1 aliphatic rings. The number of rotatable bonds is 5. The maximum atomic E-state index is 13.4. The maximum absolute atomic E-state index is 13.4. The molecule has 0 bridgehead atoms. The first-order chi connectivity index (χ1) is 9.16. The van der Waals surface area contributed by atoms with Crippen molar-refractivity contribution in [3.8, 4) is 0 Å². The Morgan fingerprint density at radius 2 is 1.89 bits per heavy atom. The van der Waals surface area contributed by atoms with E-state index >= 15 is 0 Å². The lowest BCUT2D eigenvalue weighted by Crippen LogP contribution is -2.30. The van der Waals surface area contributed by atoms with Crippen LogP contribution < -0.4 is 5.32 Å². The zero-order valence-electron chi connectivity index (χ0n) is 11.1. The second-order valence-electron chi connectivity index (χ2n) is 5.37. The lowest BCUT2D eigenvalue weighted by Gasteiger charge is -2.26. The van der Waals surface area contributed by atoms with Gasteiger partial charge in [0.05, 0.1) is 12.2 Å². The fourth-order valence-corrected chi connectivity index (χ4v) is 2.63. The minimum atomic E-state index is -0.810. The van der Waals surface area contributed by atoms with Crippen molar-refractivity contribution in [1.82, 2.24) is 5.32 Å². The van der Waals surface area contributed by atoms with E-state index < -0.39 is 6.10 Å². The molecule has 1 atom stereocenters. The first-order valence-electron chi connectivity index (χ1n) is 6.98. The molecule has 4 heteroatoms. The molecule has 3 N–H and O–H groups in total. The number of hydrogen-bond acceptors (Lipinski definition) is 3. The normalized spacial score (nSPS) is 25.2. The third-order valence-electron chi connectivity index (χ3n) is 3.85. The quantitative estimate of drug-likeness (QED) is 0.765. The highest BCUT2D eigenvalue weighted by atomic mass is 19.1. The van der Waals surface area contributed by atoms with Gasteiger partial charge >= 0.3 is 0 Å². The Bertz CT molecular complexity index is 391. The van der Waals surface area contributed by atoms with Crippen molar-refractivity contribution in [2.24, 2.45) is 5.92 Å². The fourth-order valence-electron chi connectivity index (χ4n) is 2.63. The average molecular weight is 267 g/mol. The Labute approximate surface area is 113 Å². The van der Waals surface area contributed by atoms with Crippen LogP contribution in [0.15, 0.2) is 24.3 Å². The van der Waals surface area contributed by atoms with Crippen molar-refractivity contribution >= 4 is 0 Å². The Kier molecular flexibility index (Phi) is 5.31. The van der Waals surface area contributed by atoms with Gasteiger partial charge < -0.3 is 15.5 Å². The first kappa shape index (κ1) is 14.4. The van der Waals surface area contributed by atoms with Crippen LogP contribution in [0.5, 0.6) is 0 Å². The molecule has 1 aromatic carbocycles. The second kappa shape index (κ2) is 6.98. The standard InChI is InChI=1S/C15H22FNO2/c16-14-4-2-1-3-13(14)15(19)10-17-9-11-5-7-12(18)8-6-11/h1-4,11-12,15,17-19H,5-10H2. The molecule has 0 saturated heterocycles. The highest BCUT2D eigenvalue weighted by Crippen LogP contribution is 2.23. The predicted octanol–water partition coefficient (Wildman–Crippen LogP) is 2.00. The van der Waals surface area contributed by atoms with Gasteiger partial charge in [0, 0.05) is 12.1 Å². The number of nitrogens with one attached hydrogen (secondary N) is 1. The zero-order chi connectivity index (χ0) is 13.7. The van der Waals surface area contributed by atoms with E-state index in [4.69, 9.17) is 0 Å². The lowest BCUT2D eigenvalue weighted by molar-refractivity contribution is 0.106. The third-order valence-corrected chi connectivity index (χ3v) is 3.85. The summed E-state index contributed by atoms with van der Waals surface area (Å²) in [6, 6.07) is 6.32. The van der Waals surface area contributed by atoms with E-state index in [-0.39, 0.29) is 11.9 Å². The fraction of sp³-hybridized carbons (Fsp3) is 0.600. The smallest absolute Gasteiger partial charge is 0.129 e. The number of hydrogen-bond donors (Lipinski definition) is 3. The molecule has 0 spiro atoms. The van der Waals surface area contributed by atoms with Crippen LogP contribution in [-0.2, 0) is 0 Å². The van der Waals surface area contributed by atoms with E-state index in [1.165, 1.54) is 6.07 Å². The van der Waals surface area contributed by atoms with Crippen molar-refractivity contribution in [1.29, 1.82) is 0 Å². The van der Waals surface area contributed by atoms with Crippen LogP contribution in [0, 0.1) is 11.7 Å². The van der Waals surface area contributed by atoms with E-state index in [0.29, 0.717) is 18.0 Å². The summed E-state index contributed by atoms with van der Waals surface area (Å²) in [5.41, 5.74) is 0.342. The largest absolute Gasteiger partial charge is 0.393 e. The third kappa shape index (κ3) is 4.27. The summed E-state index contributed by atoms with van der Waals surface area (Å²) in [6.45, 7) is 1.18. The molecular formula is C15H22FNO2. The van der Waals surface area contributed by atoms with Gasteiger partial charge in [0.25, 0.3) is 0 Å². The van der Waals surface area contributed by atoms with Gasteiger partial charge in [-0.3, -0.25) is 0 Å². The molecule has 1 aliphatic carbocycles. The SMILES string of the molecule is OC1CCC(CNCC(O)c2ccccc2F)CC1. The van der Waals surface area contributed by atoms with Gasteiger partial charge in [-0.25, -0.2) is 4.39 Å². The summed E-state index contributed by atoms with van der Waals surface area (Å²) in [4.78, 5) is 0. The van der Waals surface area contributed by atoms with Crippen LogP contribution in [0.2, 0.25) is 0 Å². The van der Waals surface area contributed by atoms with Gasteiger partial charge in [-0.1, -0.05) is 18.2 Å². The molecule has 0 aromatic heterocycles. The maximum Gasteiger partial charge on any atom is 0.129 e. The molecule has 3 nitrogen and oxygen atoms in total. The van der Waals surface area contributed by atoms with Crippen molar-refractivity contribution < 1.29 is 14.6 Å². The molecule has 1 unspecified atom stereocenters. The molecule has 1 fully saturated rings. The minimum Gasteiger partial charge on any atom is -0.393 e. The Hall–Kier alpha value is -0.970. The second-order valence-corrected chi connectivity index (χ2v) is 5.37. The van der Waals surface area contributed by atoms with Gasteiger partial charge in [-0.05, 0) is 44.2 Å². The summed E-state index contributed by atoms with van der Waals surface area (Å²) < 4.78 is 13.4. The number of aliphatic hydroxyl groups excluding tert-OH is 2. The van der Waals surface area contributed by atoms with Crippen LogP contribution in [0.4, 0.5) is 4.39 Å². The van der Waals surface area contributed by atoms with Crippen LogP contribution in [0.1, 0.15) is 37.4 Å². The van der Waals surface area contributed by atoms with Gasteiger partial charge in [-0.2, -0.15) is 0 Å². The molecule has 1 aromatic rings. The molecule has 0 amide bonds. The lowest BCUT2D eigenvalue weighted by atomic mass is 9.87. The molecule has 19 heavy (non-hydrogen) atoms. The summed E-state index contributed by atoms with van der Waals surface area (Å²) in [5.74, 6) is 0.189. The van der Waals surface area contributed by atoms with Crippen molar-refractivity contribution in [2.45, 2.75) is 37.9 Å². The molecule has 0 heterocycles. The van der Waals surface area contributed by atoms with E-state index in [2.05, 4.69) is 5.32 Å². The Morgan fingerprint density at radius 1 is 1.21 bits per heavy atom. The van der Waals surface area contributed by atoms with E-state index in [9.17, 15) is 14.6 Å². The van der Waals surface area contributed by atoms with Crippen molar-refractivity contribution in [3.05, 3.63) is 35.6 Å². The van der Waals surface area contributed by atoms with Gasteiger partial charge in [0.1, 0.15) is 5.82 Å². The molecular weight excluding hydrogens is 245 g/mol. The Balaban J connectivity index is 1.72. The van der Waals surface area contributed by atoms with Crippen LogP contribution >= 0.6 is 0 Å². The summed E-state index contributed by atoms with van der Waals surface area (Å²) in [6.07, 6.45) is 2.81. The highest BCUT2D eigenvalue weighted by Gasteiger charge is 2.19. The molecule has 0 aliphatic heterocycles. The van der Waals surface area contributed by atoms with E-state index in [0.717, 1.165) is 32.2 Å². The van der Waals surface area contributed by atoms with Gasteiger partial charge in [0.15, 0.2) is 0 Å². The summed E-state index contributed by atoms with van der Waals surface area (Å²) in [5, 5.41) is 22.5. The highest BCUT2D eigenvalue weighted by molar-refractivity contribution is 5.19. The number of benzene rings is 1. The average Bonchev–Trinajstić information content (AvgIpc) is 2.41. The number of halogens is 1.